The molecule has 3 heterocycles. The summed E-state index contributed by atoms with van der Waals surface area (Å²) in [5, 5.41) is 11.5. The van der Waals surface area contributed by atoms with Crippen molar-refractivity contribution in [2.24, 2.45) is 5.92 Å². The molecule has 0 radical (unpaired) electrons. The number of nitrogens with one attached hydrogen (secondary N) is 1. The number of rotatable bonds is 9. The summed E-state index contributed by atoms with van der Waals surface area (Å²) in [5.74, 6) is 3.07. The first-order valence-corrected chi connectivity index (χ1v) is 11.3. The average Bonchev–Trinajstić information content (AvgIpc) is 2.76. The van der Waals surface area contributed by atoms with Crippen molar-refractivity contribution < 1.29 is 4.74 Å². The Labute approximate surface area is 186 Å². The molecule has 1 aliphatic heterocycles. The molecule has 0 saturated carbocycles. The van der Waals surface area contributed by atoms with Gasteiger partial charge in [0.25, 0.3) is 0 Å². The van der Waals surface area contributed by atoms with E-state index < -0.39 is 0 Å². The molecule has 0 spiro atoms. The Hall–Kier alpha value is -2.48. The maximum Gasteiger partial charge on any atom is 0.225 e. The summed E-state index contributed by atoms with van der Waals surface area (Å²) in [6.07, 6.45) is 4.75. The van der Waals surface area contributed by atoms with Gasteiger partial charge in [-0.15, -0.1) is 5.10 Å². The van der Waals surface area contributed by atoms with E-state index in [2.05, 4.69) is 60.1 Å². The topological polar surface area (TPSA) is 79.3 Å². The van der Waals surface area contributed by atoms with Crippen molar-refractivity contribution in [2.45, 2.75) is 53.0 Å². The van der Waals surface area contributed by atoms with Gasteiger partial charge in [0.05, 0.1) is 6.20 Å². The van der Waals surface area contributed by atoms with Crippen LogP contribution in [0.2, 0.25) is 0 Å². The van der Waals surface area contributed by atoms with Gasteiger partial charge in [0.15, 0.2) is 5.82 Å². The first-order valence-electron chi connectivity index (χ1n) is 11.3. The van der Waals surface area contributed by atoms with Gasteiger partial charge in [0, 0.05) is 50.2 Å². The van der Waals surface area contributed by atoms with Gasteiger partial charge >= 0.3 is 0 Å². The molecule has 1 fully saturated rings. The normalized spacial score (nSPS) is 14.9. The molecule has 0 atom stereocenters. The van der Waals surface area contributed by atoms with E-state index in [4.69, 9.17) is 14.7 Å². The van der Waals surface area contributed by atoms with Crippen LogP contribution in [-0.2, 0) is 6.42 Å². The molecule has 1 N–H and O–H groups in total. The van der Waals surface area contributed by atoms with Crippen LogP contribution in [0.4, 0.5) is 11.8 Å². The van der Waals surface area contributed by atoms with E-state index >= 15 is 0 Å². The molecular weight excluding hydrogens is 390 g/mol. The molecule has 8 nitrogen and oxygen atoms in total. The van der Waals surface area contributed by atoms with Crippen LogP contribution in [0.3, 0.4) is 0 Å². The monoisotopic (exact) mass is 427 g/mol. The van der Waals surface area contributed by atoms with Crippen molar-refractivity contribution >= 4 is 11.8 Å². The number of hydrogen-bond donors (Lipinski definition) is 1. The number of aromatic nitrogens is 4. The minimum atomic E-state index is 0.403. The third-order valence-electron chi connectivity index (χ3n) is 5.91. The molecule has 31 heavy (non-hydrogen) atoms. The predicted octanol–water partition coefficient (Wildman–Crippen LogP) is 2.79. The Kier molecular flexibility index (Phi) is 8.01. The Balaban J connectivity index is 1.61. The number of anilines is 2. The first-order chi connectivity index (χ1) is 14.9. The highest BCUT2D eigenvalue weighted by Gasteiger charge is 2.26. The van der Waals surface area contributed by atoms with Crippen LogP contribution in [0, 0.1) is 19.8 Å². The van der Waals surface area contributed by atoms with E-state index in [1.54, 1.807) is 6.20 Å². The van der Waals surface area contributed by atoms with Crippen LogP contribution in [0.5, 0.6) is 5.75 Å². The van der Waals surface area contributed by atoms with Crippen molar-refractivity contribution in [1.82, 2.24) is 25.5 Å². The van der Waals surface area contributed by atoms with E-state index in [0.29, 0.717) is 18.6 Å². The molecule has 0 unspecified atom stereocenters. The number of hydrogen-bond acceptors (Lipinski definition) is 8. The van der Waals surface area contributed by atoms with Gasteiger partial charge in [-0.3, -0.25) is 0 Å². The second kappa shape index (κ2) is 10.7. The molecule has 1 aliphatic rings. The molecule has 2 aromatic rings. The summed E-state index contributed by atoms with van der Waals surface area (Å²) in [4.78, 5) is 14.2. The first kappa shape index (κ1) is 23.2. The van der Waals surface area contributed by atoms with Crippen LogP contribution in [0.25, 0.3) is 0 Å². The fourth-order valence-corrected chi connectivity index (χ4v) is 4.07. The average molecular weight is 428 g/mol. The smallest absolute Gasteiger partial charge is 0.225 e. The fraction of sp³-hybridized carbons (Fsp3) is 0.652. The van der Waals surface area contributed by atoms with Crippen LogP contribution < -0.4 is 19.9 Å². The molecular formula is C23H37N7O. The second-order valence-electron chi connectivity index (χ2n) is 8.80. The van der Waals surface area contributed by atoms with Gasteiger partial charge < -0.3 is 19.9 Å². The van der Waals surface area contributed by atoms with Gasteiger partial charge in [0.1, 0.15) is 12.4 Å². The SMILES string of the molecule is CNCCOc1cnnc(N(C)C2CCN(c3nc(C)c(CC(C)C)c(C)n3)CC2)c1. The van der Waals surface area contributed by atoms with E-state index in [1.165, 1.54) is 5.56 Å². The number of nitrogens with zero attached hydrogens (tertiary/aromatic N) is 6. The van der Waals surface area contributed by atoms with E-state index in [9.17, 15) is 0 Å². The maximum atomic E-state index is 5.74. The van der Waals surface area contributed by atoms with Crippen LogP contribution in [0.15, 0.2) is 12.3 Å². The summed E-state index contributed by atoms with van der Waals surface area (Å²) in [6.45, 7) is 12.0. The number of piperidine rings is 1. The van der Waals surface area contributed by atoms with Crippen LogP contribution >= 0.6 is 0 Å². The van der Waals surface area contributed by atoms with Crippen molar-refractivity contribution in [3.8, 4) is 5.75 Å². The third kappa shape index (κ3) is 6.03. The van der Waals surface area contributed by atoms with Gasteiger partial charge in [-0.1, -0.05) is 13.8 Å². The van der Waals surface area contributed by atoms with Gasteiger partial charge in [-0.05, 0) is 51.6 Å². The van der Waals surface area contributed by atoms with Gasteiger partial charge in [0.2, 0.25) is 5.95 Å². The molecule has 2 aromatic heterocycles. The zero-order chi connectivity index (χ0) is 22.4. The zero-order valence-electron chi connectivity index (χ0n) is 19.9. The van der Waals surface area contributed by atoms with Gasteiger partial charge in [-0.2, -0.15) is 5.10 Å². The second-order valence-corrected chi connectivity index (χ2v) is 8.80. The minimum absolute atomic E-state index is 0.403. The molecule has 0 amide bonds. The fourth-order valence-electron chi connectivity index (χ4n) is 4.07. The van der Waals surface area contributed by atoms with Crippen molar-refractivity contribution in [2.75, 3.05) is 50.1 Å². The molecule has 0 aliphatic carbocycles. The molecule has 0 bridgehead atoms. The van der Waals surface area contributed by atoms with E-state index in [-0.39, 0.29) is 0 Å². The third-order valence-corrected chi connectivity index (χ3v) is 5.91. The van der Waals surface area contributed by atoms with Crippen molar-refractivity contribution in [3.05, 3.63) is 29.2 Å². The highest BCUT2D eigenvalue weighted by molar-refractivity contribution is 5.43. The van der Waals surface area contributed by atoms with Crippen molar-refractivity contribution in [1.29, 1.82) is 0 Å². The summed E-state index contributed by atoms with van der Waals surface area (Å²) >= 11 is 0. The standard InChI is InChI=1S/C23H37N7O/c1-16(2)13-21-17(3)26-23(27-18(21)4)30-10-7-19(8-11-30)29(6)22-14-20(15-25-28-22)31-12-9-24-5/h14-16,19,24H,7-13H2,1-6H3. The highest BCUT2D eigenvalue weighted by atomic mass is 16.5. The maximum absolute atomic E-state index is 5.74. The Bertz CT molecular complexity index is 827. The lowest BCUT2D eigenvalue weighted by molar-refractivity contribution is 0.316. The van der Waals surface area contributed by atoms with E-state index in [0.717, 1.165) is 67.8 Å². The lowest BCUT2D eigenvalue weighted by Crippen LogP contribution is -2.44. The number of likely N-dealkylation sites (N-methyl/N-ethyl adjacent to an activating group) is 1. The number of ether oxygens (including phenoxy) is 1. The minimum Gasteiger partial charge on any atom is -0.490 e. The summed E-state index contributed by atoms with van der Waals surface area (Å²) in [5.41, 5.74) is 3.52. The number of aryl methyl sites for hydroxylation is 2. The summed E-state index contributed by atoms with van der Waals surface area (Å²) < 4.78 is 5.74. The zero-order valence-corrected chi connectivity index (χ0v) is 19.9. The summed E-state index contributed by atoms with van der Waals surface area (Å²) in [7, 11) is 4.00. The Morgan fingerprint density at radius 2 is 1.87 bits per heavy atom. The highest BCUT2D eigenvalue weighted by Crippen LogP contribution is 2.25. The molecule has 170 valence electrons. The Morgan fingerprint density at radius 3 is 2.48 bits per heavy atom. The Morgan fingerprint density at radius 1 is 1.19 bits per heavy atom. The summed E-state index contributed by atoms with van der Waals surface area (Å²) in [6, 6.07) is 2.37. The van der Waals surface area contributed by atoms with Crippen molar-refractivity contribution in [3.63, 3.8) is 0 Å². The molecule has 0 aromatic carbocycles. The quantitative estimate of drug-likeness (QED) is 0.612. The molecule has 1 saturated heterocycles. The lowest BCUT2D eigenvalue weighted by Gasteiger charge is -2.37. The van der Waals surface area contributed by atoms with Crippen LogP contribution in [-0.4, -0.2) is 66.5 Å². The lowest BCUT2D eigenvalue weighted by atomic mass is 10.0. The van der Waals surface area contributed by atoms with Crippen LogP contribution in [0.1, 0.15) is 43.6 Å². The van der Waals surface area contributed by atoms with Gasteiger partial charge in [-0.25, -0.2) is 9.97 Å². The molecule has 3 rings (SSSR count). The largest absolute Gasteiger partial charge is 0.490 e. The molecule has 8 heteroatoms. The van der Waals surface area contributed by atoms with E-state index in [1.807, 2.05) is 13.1 Å². The predicted molar refractivity (Wildman–Crippen MR) is 125 cm³/mol.